The maximum absolute atomic E-state index is 4.62. The number of thioether (sulfide) groups is 1. The average Bonchev–Trinajstić information content (AvgIpc) is 2.28. The summed E-state index contributed by atoms with van der Waals surface area (Å²) in [6.07, 6.45) is 4.88. The summed E-state index contributed by atoms with van der Waals surface area (Å²) in [5.41, 5.74) is 2.72. The summed E-state index contributed by atoms with van der Waals surface area (Å²) in [5.74, 6) is 2.04. The second-order valence-electron chi connectivity index (χ2n) is 4.86. The molecule has 0 spiro atoms. The summed E-state index contributed by atoms with van der Waals surface area (Å²) >= 11 is 1.88. The molecule has 0 radical (unpaired) electrons. The van der Waals surface area contributed by atoms with Gasteiger partial charge in [-0.1, -0.05) is 0 Å². The van der Waals surface area contributed by atoms with Crippen molar-refractivity contribution in [3.05, 3.63) is 17.1 Å². The molecule has 4 heteroatoms. The standard InChI is InChI=1S/C13H21N3S/c1-10-14-12-7-5-4-6-11(12)13(15-10)17-9-8-16(2)3/h4-9H2,1-3H3. The molecule has 0 saturated heterocycles. The molecule has 1 heterocycles. The van der Waals surface area contributed by atoms with Crippen LogP contribution >= 0.6 is 11.8 Å². The Kier molecular flexibility index (Phi) is 4.40. The van der Waals surface area contributed by atoms with E-state index in [2.05, 4.69) is 29.0 Å². The van der Waals surface area contributed by atoms with E-state index < -0.39 is 0 Å². The van der Waals surface area contributed by atoms with Crippen molar-refractivity contribution in [3.63, 3.8) is 0 Å². The van der Waals surface area contributed by atoms with Crippen LogP contribution in [0.25, 0.3) is 0 Å². The third-order valence-corrected chi connectivity index (χ3v) is 4.03. The Morgan fingerprint density at radius 2 is 1.94 bits per heavy atom. The van der Waals surface area contributed by atoms with Gasteiger partial charge in [-0.2, -0.15) is 0 Å². The van der Waals surface area contributed by atoms with Gasteiger partial charge in [0.1, 0.15) is 10.9 Å². The molecule has 0 N–H and O–H groups in total. The van der Waals surface area contributed by atoms with Gasteiger partial charge in [-0.15, -0.1) is 11.8 Å². The van der Waals surface area contributed by atoms with Crippen molar-refractivity contribution < 1.29 is 0 Å². The SMILES string of the molecule is Cc1nc2c(c(SCCN(C)C)n1)CCCC2. The van der Waals surface area contributed by atoms with Crippen molar-refractivity contribution >= 4 is 11.8 Å². The van der Waals surface area contributed by atoms with Gasteiger partial charge in [-0.3, -0.25) is 0 Å². The van der Waals surface area contributed by atoms with Crippen LogP contribution in [0.3, 0.4) is 0 Å². The zero-order valence-corrected chi connectivity index (χ0v) is 11.8. The number of rotatable bonds is 4. The number of aryl methyl sites for hydroxylation is 2. The minimum Gasteiger partial charge on any atom is -0.309 e. The Morgan fingerprint density at radius 3 is 2.71 bits per heavy atom. The highest BCUT2D eigenvalue weighted by Crippen LogP contribution is 2.28. The fourth-order valence-corrected chi connectivity index (χ4v) is 3.36. The van der Waals surface area contributed by atoms with E-state index in [0.717, 1.165) is 24.5 Å². The highest BCUT2D eigenvalue weighted by atomic mass is 32.2. The minimum atomic E-state index is 0.929. The molecule has 0 saturated carbocycles. The highest BCUT2D eigenvalue weighted by Gasteiger charge is 2.16. The Morgan fingerprint density at radius 1 is 1.18 bits per heavy atom. The van der Waals surface area contributed by atoms with E-state index in [0.29, 0.717) is 0 Å². The van der Waals surface area contributed by atoms with Crippen molar-refractivity contribution in [2.45, 2.75) is 37.6 Å². The first-order valence-corrected chi connectivity index (χ1v) is 7.29. The van der Waals surface area contributed by atoms with Crippen LogP contribution in [0.2, 0.25) is 0 Å². The molecular formula is C13H21N3S. The van der Waals surface area contributed by atoms with Gasteiger partial charge >= 0.3 is 0 Å². The zero-order valence-electron chi connectivity index (χ0n) is 11.0. The number of hydrogen-bond acceptors (Lipinski definition) is 4. The summed E-state index contributed by atoms with van der Waals surface area (Å²) in [6, 6.07) is 0. The first-order chi connectivity index (χ1) is 8.16. The molecular weight excluding hydrogens is 230 g/mol. The van der Waals surface area contributed by atoms with Crippen LogP contribution in [0.4, 0.5) is 0 Å². The molecule has 17 heavy (non-hydrogen) atoms. The smallest absolute Gasteiger partial charge is 0.126 e. The predicted octanol–water partition coefficient (Wildman–Crippen LogP) is 2.32. The van der Waals surface area contributed by atoms with Crippen LogP contribution in [0.5, 0.6) is 0 Å². The molecule has 0 atom stereocenters. The minimum absolute atomic E-state index is 0.929. The second-order valence-corrected chi connectivity index (χ2v) is 5.94. The van der Waals surface area contributed by atoms with Crippen LogP contribution in [0.1, 0.15) is 29.9 Å². The van der Waals surface area contributed by atoms with E-state index in [4.69, 9.17) is 0 Å². The fourth-order valence-electron chi connectivity index (χ4n) is 2.12. The zero-order chi connectivity index (χ0) is 12.3. The monoisotopic (exact) mass is 251 g/mol. The van der Waals surface area contributed by atoms with Gasteiger partial charge in [-0.05, 0) is 46.7 Å². The van der Waals surface area contributed by atoms with Crippen LogP contribution in [0.15, 0.2) is 5.03 Å². The van der Waals surface area contributed by atoms with Crippen LogP contribution in [-0.4, -0.2) is 41.3 Å². The van der Waals surface area contributed by atoms with Crippen LogP contribution in [0, 0.1) is 6.92 Å². The lowest BCUT2D eigenvalue weighted by atomic mass is 9.97. The van der Waals surface area contributed by atoms with E-state index in [-0.39, 0.29) is 0 Å². The van der Waals surface area contributed by atoms with Gasteiger partial charge < -0.3 is 4.90 Å². The third-order valence-electron chi connectivity index (χ3n) is 3.03. The number of fused-ring (bicyclic) bond motifs is 1. The molecule has 1 aromatic rings. The second kappa shape index (κ2) is 5.83. The Hall–Kier alpha value is -0.610. The summed E-state index contributed by atoms with van der Waals surface area (Å²) in [6.45, 7) is 3.10. The van der Waals surface area contributed by atoms with E-state index in [1.807, 2.05) is 18.7 Å². The number of hydrogen-bond donors (Lipinski definition) is 0. The van der Waals surface area contributed by atoms with Crippen molar-refractivity contribution in [2.75, 3.05) is 26.4 Å². The molecule has 0 aromatic carbocycles. The van der Waals surface area contributed by atoms with Gasteiger partial charge in [0.15, 0.2) is 0 Å². The van der Waals surface area contributed by atoms with Crippen molar-refractivity contribution in [1.29, 1.82) is 0 Å². The van der Waals surface area contributed by atoms with Gasteiger partial charge in [0.25, 0.3) is 0 Å². The summed E-state index contributed by atoms with van der Waals surface area (Å²) < 4.78 is 0. The van der Waals surface area contributed by atoms with Crippen LogP contribution < -0.4 is 0 Å². The largest absolute Gasteiger partial charge is 0.309 e. The molecule has 1 aromatic heterocycles. The fraction of sp³-hybridized carbons (Fsp3) is 0.692. The molecule has 0 aliphatic heterocycles. The molecule has 1 aliphatic carbocycles. The summed E-state index contributed by atoms with van der Waals surface area (Å²) in [4.78, 5) is 11.4. The average molecular weight is 251 g/mol. The summed E-state index contributed by atoms with van der Waals surface area (Å²) in [7, 11) is 4.22. The van der Waals surface area contributed by atoms with E-state index in [9.17, 15) is 0 Å². The molecule has 94 valence electrons. The van der Waals surface area contributed by atoms with E-state index >= 15 is 0 Å². The normalized spacial score (nSPS) is 15.1. The Balaban J connectivity index is 2.12. The van der Waals surface area contributed by atoms with E-state index in [1.165, 1.54) is 35.5 Å². The van der Waals surface area contributed by atoms with Crippen molar-refractivity contribution in [1.82, 2.24) is 14.9 Å². The molecule has 0 fully saturated rings. The van der Waals surface area contributed by atoms with Gasteiger partial charge in [-0.25, -0.2) is 9.97 Å². The quantitative estimate of drug-likeness (QED) is 0.606. The van der Waals surface area contributed by atoms with Crippen molar-refractivity contribution in [3.8, 4) is 0 Å². The van der Waals surface area contributed by atoms with E-state index in [1.54, 1.807) is 0 Å². The first-order valence-electron chi connectivity index (χ1n) is 6.30. The number of nitrogens with zero attached hydrogens (tertiary/aromatic N) is 3. The predicted molar refractivity (Wildman–Crippen MR) is 72.7 cm³/mol. The molecule has 2 rings (SSSR count). The lowest BCUT2D eigenvalue weighted by Crippen LogP contribution is -2.16. The van der Waals surface area contributed by atoms with Gasteiger partial charge in [0.05, 0.1) is 0 Å². The topological polar surface area (TPSA) is 29.0 Å². The third kappa shape index (κ3) is 3.42. The molecule has 3 nitrogen and oxygen atoms in total. The highest BCUT2D eigenvalue weighted by molar-refractivity contribution is 7.99. The maximum atomic E-state index is 4.62. The van der Waals surface area contributed by atoms with Gasteiger partial charge in [0.2, 0.25) is 0 Å². The summed E-state index contributed by atoms with van der Waals surface area (Å²) in [5, 5.41) is 1.23. The molecule has 0 amide bonds. The lowest BCUT2D eigenvalue weighted by Gasteiger charge is -2.18. The molecule has 0 unspecified atom stereocenters. The number of aromatic nitrogens is 2. The molecule has 1 aliphatic rings. The van der Waals surface area contributed by atoms with Gasteiger partial charge in [0, 0.05) is 23.6 Å². The first kappa shape index (κ1) is 12.8. The Bertz CT molecular complexity index is 390. The van der Waals surface area contributed by atoms with Crippen LogP contribution in [-0.2, 0) is 12.8 Å². The molecule has 0 bridgehead atoms. The maximum Gasteiger partial charge on any atom is 0.126 e. The Labute approximate surface area is 108 Å². The van der Waals surface area contributed by atoms with Crippen molar-refractivity contribution in [2.24, 2.45) is 0 Å². The lowest BCUT2D eigenvalue weighted by molar-refractivity contribution is 0.437.